The van der Waals surface area contributed by atoms with Crippen LogP contribution < -0.4 is 5.32 Å². The number of nitrogens with one attached hydrogen (secondary N) is 1. The fraction of sp³-hybridized carbons (Fsp3) is 1.00. The molecule has 1 saturated heterocycles. The van der Waals surface area contributed by atoms with Gasteiger partial charge in [-0.15, -0.1) is 0 Å². The molecule has 0 amide bonds. The average Bonchev–Trinajstić information content (AvgIpc) is 2.72. The van der Waals surface area contributed by atoms with Gasteiger partial charge in [-0.25, -0.2) is 0 Å². The molecule has 1 N–H and O–H groups in total. The van der Waals surface area contributed by atoms with Gasteiger partial charge in [0.15, 0.2) is 0 Å². The molecule has 2 rings (SSSR count). The van der Waals surface area contributed by atoms with Crippen molar-refractivity contribution in [2.24, 2.45) is 5.92 Å². The van der Waals surface area contributed by atoms with Crippen molar-refractivity contribution < 1.29 is 0 Å². The lowest BCUT2D eigenvalue weighted by Gasteiger charge is -2.17. The van der Waals surface area contributed by atoms with Crippen LogP contribution >= 0.6 is 0 Å². The molecule has 100 valence electrons. The van der Waals surface area contributed by atoms with E-state index in [2.05, 4.69) is 10.2 Å². The van der Waals surface area contributed by atoms with Crippen molar-refractivity contribution in [3.63, 3.8) is 0 Å². The minimum absolute atomic E-state index is 1.02. The first-order valence-electron chi connectivity index (χ1n) is 7.88. The summed E-state index contributed by atoms with van der Waals surface area (Å²) in [5.41, 5.74) is 0. The fourth-order valence-corrected chi connectivity index (χ4v) is 3.33. The third-order valence-electron chi connectivity index (χ3n) is 4.51. The van der Waals surface area contributed by atoms with E-state index in [-0.39, 0.29) is 0 Å². The first-order valence-corrected chi connectivity index (χ1v) is 7.88. The first kappa shape index (κ1) is 13.4. The van der Waals surface area contributed by atoms with Crippen LogP contribution in [0, 0.1) is 5.92 Å². The molecule has 1 heterocycles. The largest absolute Gasteiger partial charge is 0.315 e. The third kappa shape index (κ3) is 5.39. The van der Waals surface area contributed by atoms with E-state index in [1.54, 1.807) is 0 Å². The highest BCUT2D eigenvalue weighted by Gasteiger charge is 2.12. The standard InChI is InChI=1S/C15H30N2/c1-2-4-8-15(7-3-1)9-10-16-11-14-17-12-5-6-13-17/h15-16H,1-14H2. The smallest absolute Gasteiger partial charge is 0.0107 e. The first-order chi connectivity index (χ1) is 8.45. The second-order valence-corrected chi connectivity index (χ2v) is 5.95. The molecule has 0 radical (unpaired) electrons. The number of likely N-dealkylation sites (tertiary alicyclic amines) is 1. The van der Waals surface area contributed by atoms with Crippen LogP contribution in [0.2, 0.25) is 0 Å². The zero-order valence-corrected chi connectivity index (χ0v) is 11.4. The van der Waals surface area contributed by atoms with Gasteiger partial charge in [0.2, 0.25) is 0 Å². The summed E-state index contributed by atoms with van der Waals surface area (Å²) in [5.74, 6) is 1.02. The van der Waals surface area contributed by atoms with Crippen LogP contribution in [0.5, 0.6) is 0 Å². The van der Waals surface area contributed by atoms with Crippen LogP contribution in [0.3, 0.4) is 0 Å². The molecule has 0 atom stereocenters. The molecule has 0 aromatic carbocycles. The molecule has 2 fully saturated rings. The number of rotatable bonds is 6. The molecule has 17 heavy (non-hydrogen) atoms. The van der Waals surface area contributed by atoms with Gasteiger partial charge in [0, 0.05) is 13.1 Å². The summed E-state index contributed by atoms with van der Waals surface area (Å²) >= 11 is 0. The van der Waals surface area contributed by atoms with Crippen LogP contribution in [0.15, 0.2) is 0 Å². The fourth-order valence-electron chi connectivity index (χ4n) is 3.33. The van der Waals surface area contributed by atoms with E-state index in [4.69, 9.17) is 0 Å². The molecule has 2 heteroatoms. The van der Waals surface area contributed by atoms with E-state index in [1.807, 2.05) is 0 Å². The van der Waals surface area contributed by atoms with Crippen molar-refractivity contribution >= 4 is 0 Å². The zero-order chi connectivity index (χ0) is 11.8. The van der Waals surface area contributed by atoms with E-state index in [0.29, 0.717) is 0 Å². The number of hydrogen-bond acceptors (Lipinski definition) is 2. The SMILES string of the molecule is C1CCCC(CCNCCN2CCCC2)CC1. The molecule has 0 unspecified atom stereocenters. The topological polar surface area (TPSA) is 15.3 Å². The highest BCUT2D eigenvalue weighted by molar-refractivity contribution is 4.68. The molecule has 0 bridgehead atoms. The minimum Gasteiger partial charge on any atom is -0.315 e. The Labute approximate surface area is 107 Å². The van der Waals surface area contributed by atoms with Gasteiger partial charge in [0.05, 0.1) is 0 Å². The van der Waals surface area contributed by atoms with Gasteiger partial charge in [-0.2, -0.15) is 0 Å². The molecular formula is C15H30N2. The van der Waals surface area contributed by atoms with Crippen LogP contribution in [0.25, 0.3) is 0 Å². The zero-order valence-electron chi connectivity index (χ0n) is 11.4. The molecule has 0 aromatic heterocycles. The monoisotopic (exact) mass is 238 g/mol. The average molecular weight is 238 g/mol. The van der Waals surface area contributed by atoms with E-state index in [9.17, 15) is 0 Å². The van der Waals surface area contributed by atoms with E-state index < -0.39 is 0 Å². The van der Waals surface area contributed by atoms with E-state index in [0.717, 1.165) is 5.92 Å². The Morgan fingerprint density at radius 2 is 1.53 bits per heavy atom. The lowest BCUT2D eigenvalue weighted by Crippen LogP contribution is -2.30. The lowest BCUT2D eigenvalue weighted by molar-refractivity contribution is 0.330. The molecule has 1 saturated carbocycles. The molecule has 2 aliphatic rings. The van der Waals surface area contributed by atoms with Crippen LogP contribution in [-0.4, -0.2) is 37.6 Å². The summed E-state index contributed by atoms with van der Waals surface area (Å²) in [6, 6.07) is 0. The van der Waals surface area contributed by atoms with Crippen molar-refractivity contribution in [1.29, 1.82) is 0 Å². The maximum Gasteiger partial charge on any atom is 0.0107 e. The van der Waals surface area contributed by atoms with Crippen molar-refractivity contribution in [1.82, 2.24) is 10.2 Å². The lowest BCUT2D eigenvalue weighted by atomic mass is 9.97. The summed E-state index contributed by atoms with van der Waals surface area (Å²) in [6.07, 6.45) is 13.2. The van der Waals surface area contributed by atoms with Crippen molar-refractivity contribution in [3.8, 4) is 0 Å². The Kier molecular flexibility index (Phi) is 6.36. The second-order valence-electron chi connectivity index (χ2n) is 5.95. The van der Waals surface area contributed by atoms with Gasteiger partial charge in [-0.3, -0.25) is 0 Å². The maximum atomic E-state index is 3.64. The van der Waals surface area contributed by atoms with Gasteiger partial charge in [-0.05, 0) is 44.8 Å². The van der Waals surface area contributed by atoms with Gasteiger partial charge >= 0.3 is 0 Å². The Hall–Kier alpha value is -0.0800. The van der Waals surface area contributed by atoms with Crippen LogP contribution in [-0.2, 0) is 0 Å². The molecule has 1 aliphatic carbocycles. The maximum absolute atomic E-state index is 3.64. The quantitative estimate of drug-likeness (QED) is 0.565. The van der Waals surface area contributed by atoms with Gasteiger partial charge in [0.1, 0.15) is 0 Å². The highest BCUT2D eigenvalue weighted by atomic mass is 15.1. The molecule has 0 aromatic rings. The second kappa shape index (κ2) is 8.10. The Morgan fingerprint density at radius 1 is 0.824 bits per heavy atom. The van der Waals surface area contributed by atoms with E-state index >= 15 is 0 Å². The third-order valence-corrected chi connectivity index (χ3v) is 4.51. The van der Waals surface area contributed by atoms with Crippen LogP contribution in [0.1, 0.15) is 57.8 Å². The van der Waals surface area contributed by atoms with E-state index in [1.165, 1.54) is 90.5 Å². The number of hydrogen-bond donors (Lipinski definition) is 1. The number of nitrogens with zero attached hydrogens (tertiary/aromatic N) is 1. The summed E-state index contributed by atoms with van der Waals surface area (Å²) in [7, 11) is 0. The van der Waals surface area contributed by atoms with Crippen LogP contribution in [0.4, 0.5) is 0 Å². The summed E-state index contributed by atoms with van der Waals surface area (Å²) < 4.78 is 0. The summed E-state index contributed by atoms with van der Waals surface area (Å²) in [6.45, 7) is 6.39. The highest BCUT2D eigenvalue weighted by Crippen LogP contribution is 2.24. The minimum atomic E-state index is 1.02. The van der Waals surface area contributed by atoms with Gasteiger partial charge in [0.25, 0.3) is 0 Å². The Morgan fingerprint density at radius 3 is 2.24 bits per heavy atom. The van der Waals surface area contributed by atoms with Gasteiger partial charge in [-0.1, -0.05) is 38.5 Å². The van der Waals surface area contributed by atoms with Crippen molar-refractivity contribution in [2.75, 3.05) is 32.7 Å². The Bertz CT molecular complexity index is 179. The Balaban J connectivity index is 1.44. The van der Waals surface area contributed by atoms with Crippen molar-refractivity contribution in [2.45, 2.75) is 57.8 Å². The van der Waals surface area contributed by atoms with Gasteiger partial charge < -0.3 is 10.2 Å². The predicted octanol–water partition coefficient (Wildman–Crippen LogP) is 3.03. The molecule has 1 aliphatic heterocycles. The molecule has 0 spiro atoms. The molecular weight excluding hydrogens is 208 g/mol. The summed E-state index contributed by atoms with van der Waals surface area (Å²) in [5, 5.41) is 3.64. The molecule has 2 nitrogen and oxygen atoms in total. The summed E-state index contributed by atoms with van der Waals surface area (Å²) in [4.78, 5) is 2.60. The van der Waals surface area contributed by atoms with Crippen molar-refractivity contribution in [3.05, 3.63) is 0 Å². The predicted molar refractivity (Wildman–Crippen MR) is 74.4 cm³/mol. The normalized spacial score (nSPS) is 24.0.